The SMILES string of the molecule is c1ccc(Cc2ccnc(-c3cccc4c3oc3ccc5ccccc5c34)c2)cc1. The number of benzene rings is 4. The Balaban J connectivity index is 1.53. The van der Waals surface area contributed by atoms with Gasteiger partial charge in [0.25, 0.3) is 0 Å². The summed E-state index contributed by atoms with van der Waals surface area (Å²) in [7, 11) is 0. The quantitative estimate of drug-likeness (QED) is 0.317. The predicted molar refractivity (Wildman–Crippen MR) is 124 cm³/mol. The van der Waals surface area contributed by atoms with Gasteiger partial charge >= 0.3 is 0 Å². The zero-order valence-corrected chi connectivity index (χ0v) is 16.4. The Kier molecular flexibility index (Phi) is 3.88. The van der Waals surface area contributed by atoms with Gasteiger partial charge in [0, 0.05) is 22.5 Å². The summed E-state index contributed by atoms with van der Waals surface area (Å²) in [5.41, 5.74) is 6.32. The van der Waals surface area contributed by atoms with Crippen molar-refractivity contribution in [3.05, 3.63) is 114 Å². The average molecular weight is 385 g/mol. The van der Waals surface area contributed by atoms with Gasteiger partial charge in [-0.2, -0.15) is 0 Å². The first-order chi connectivity index (χ1) is 14.9. The molecule has 6 rings (SSSR count). The maximum absolute atomic E-state index is 6.36. The molecule has 0 saturated carbocycles. The van der Waals surface area contributed by atoms with Crippen LogP contribution in [0.3, 0.4) is 0 Å². The van der Waals surface area contributed by atoms with E-state index in [9.17, 15) is 0 Å². The van der Waals surface area contributed by atoms with Crippen LogP contribution in [0.1, 0.15) is 11.1 Å². The molecule has 0 saturated heterocycles. The largest absolute Gasteiger partial charge is 0.455 e. The monoisotopic (exact) mass is 385 g/mol. The molecule has 0 spiro atoms. The highest BCUT2D eigenvalue weighted by molar-refractivity contribution is 6.20. The maximum Gasteiger partial charge on any atom is 0.144 e. The van der Waals surface area contributed by atoms with Gasteiger partial charge in [-0.25, -0.2) is 0 Å². The fourth-order valence-electron chi connectivity index (χ4n) is 4.33. The zero-order valence-electron chi connectivity index (χ0n) is 16.4. The highest BCUT2D eigenvalue weighted by Crippen LogP contribution is 2.38. The first kappa shape index (κ1) is 17.0. The van der Waals surface area contributed by atoms with Gasteiger partial charge in [0.2, 0.25) is 0 Å². The van der Waals surface area contributed by atoms with Crippen molar-refractivity contribution in [2.24, 2.45) is 0 Å². The molecule has 30 heavy (non-hydrogen) atoms. The normalized spacial score (nSPS) is 11.5. The third-order valence-electron chi connectivity index (χ3n) is 5.74. The van der Waals surface area contributed by atoms with E-state index in [0.29, 0.717) is 0 Å². The number of para-hydroxylation sites is 1. The molecule has 0 aliphatic rings. The Hall–Kier alpha value is -3.91. The van der Waals surface area contributed by atoms with Crippen LogP contribution < -0.4 is 0 Å². The standard InChI is InChI=1S/C28H19NO/c1-2-7-19(8-3-1)17-20-15-16-29-25(18-20)23-11-6-12-24-27-22-10-5-4-9-21(22)13-14-26(27)30-28(23)24/h1-16,18H,17H2. The molecule has 0 bridgehead atoms. The van der Waals surface area contributed by atoms with Crippen LogP contribution in [0.25, 0.3) is 44.0 Å². The molecule has 2 aromatic heterocycles. The van der Waals surface area contributed by atoms with Crippen LogP contribution in [0.15, 0.2) is 108 Å². The fourth-order valence-corrected chi connectivity index (χ4v) is 4.33. The third-order valence-corrected chi connectivity index (χ3v) is 5.74. The second-order valence-corrected chi connectivity index (χ2v) is 7.66. The number of hydrogen-bond donors (Lipinski definition) is 0. The Bertz CT molecular complexity index is 1510. The van der Waals surface area contributed by atoms with Crippen LogP contribution in [0.2, 0.25) is 0 Å². The van der Waals surface area contributed by atoms with Gasteiger partial charge in [-0.1, -0.05) is 72.8 Å². The number of hydrogen-bond acceptors (Lipinski definition) is 2. The van der Waals surface area contributed by atoms with Gasteiger partial charge in [-0.15, -0.1) is 0 Å². The summed E-state index contributed by atoms with van der Waals surface area (Å²) < 4.78 is 6.36. The summed E-state index contributed by atoms with van der Waals surface area (Å²) in [6.07, 6.45) is 2.78. The van der Waals surface area contributed by atoms with Crippen molar-refractivity contribution in [2.75, 3.05) is 0 Å². The fraction of sp³-hybridized carbons (Fsp3) is 0.0357. The molecular weight excluding hydrogens is 366 g/mol. The van der Waals surface area contributed by atoms with Gasteiger partial charge in [0.15, 0.2) is 0 Å². The second-order valence-electron chi connectivity index (χ2n) is 7.66. The Labute approximate surface area is 174 Å². The summed E-state index contributed by atoms with van der Waals surface area (Å²) in [5, 5.41) is 4.75. The molecule has 0 radical (unpaired) electrons. The van der Waals surface area contributed by atoms with Crippen LogP contribution in [-0.2, 0) is 6.42 Å². The Morgan fingerprint density at radius 3 is 2.43 bits per heavy atom. The number of nitrogens with zero attached hydrogens (tertiary/aromatic N) is 1. The number of rotatable bonds is 3. The van der Waals surface area contributed by atoms with Crippen LogP contribution in [0.5, 0.6) is 0 Å². The lowest BCUT2D eigenvalue weighted by atomic mass is 10.0. The molecule has 2 heteroatoms. The summed E-state index contributed by atoms with van der Waals surface area (Å²) in [4.78, 5) is 4.67. The minimum Gasteiger partial charge on any atom is -0.455 e. The van der Waals surface area contributed by atoms with E-state index in [2.05, 4.69) is 96.0 Å². The molecule has 0 aliphatic carbocycles. The van der Waals surface area contributed by atoms with Crippen molar-refractivity contribution >= 4 is 32.7 Å². The first-order valence-corrected chi connectivity index (χ1v) is 10.2. The van der Waals surface area contributed by atoms with Crippen LogP contribution >= 0.6 is 0 Å². The van der Waals surface area contributed by atoms with Crippen molar-refractivity contribution in [1.82, 2.24) is 4.98 Å². The molecule has 2 heterocycles. The van der Waals surface area contributed by atoms with E-state index in [1.807, 2.05) is 12.3 Å². The van der Waals surface area contributed by atoms with Crippen molar-refractivity contribution in [1.29, 1.82) is 0 Å². The summed E-state index contributed by atoms with van der Waals surface area (Å²) in [6, 6.07) is 33.8. The maximum atomic E-state index is 6.36. The third kappa shape index (κ3) is 2.77. The molecule has 142 valence electrons. The predicted octanol–water partition coefficient (Wildman–Crippen LogP) is 7.39. The molecule has 0 aliphatic heterocycles. The average Bonchev–Trinajstić information content (AvgIpc) is 3.19. The zero-order chi connectivity index (χ0) is 19.9. The Morgan fingerprint density at radius 1 is 0.667 bits per heavy atom. The van der Waals surface area contributed by atoms with Gasteiger partial charge in [0.05, 0.1) is 5.69 Å². The minimum atomic E-state index is 0.886. The van der Waals surface area contributed by atoms with Crippen LogP contribution in [0, 0.1) is 0 Å². The molecular formula is C28H19NO. The topological polar surface area (TPSA) is 26.0 Å². The molecule has 6 aromatic rings. The van der Waals surface area contributed by atoms with Gasteiger partial charge in [0.1, 0.15) is 11.2 Å². The van der Waals surface area contributed by atoms with Gasteiger partial charge in [-0.05, 0) is 52.6 Å². The molecule has 0 N–H and O–H groups in total. The van der Waals surface area contributed by atoms with E-state index in [-0.39, 0.29) is 0 Å². The highest BCUT2D eigenvalue weighted by atomic mass is 16.3. The van der Waals surface area contributed by atoms with Crippen LogP contribution in [0.4, 0.5) is 0 Å². The number of pyridine rings is 1. The number of aromatic nitrogens is 1. The lowest BCUT2D eigenvalue weighted by Gasteiger charge is -2.06. The lowest BCUT2D eigenvalue weighted by Crippen LogP contribution is -1.91. The molecule has 0 amide bonds. The first-order valence-electron chi connectivity index (χ1n) is 10.2. The van der Waals surface area contributed by atoms with Crippen molar-refractivity contribution in [3.8, 4) is 11.3 Å². The molecule has 2 nitrogen and oxygen atoms in total. The summed E-state index contributed by atoms with van der Waals surface area (Å²) in [6.45, 7) is 0. The second kappa shape index (κ2) is 6.85. The minimum absolute atomic E-state index is 0.886. The van der Waals surface area contributed by atoms with Gasteiger partial charge < -0.3 is 4.42 Å². The Morgan fingerprint density at radius 2 is 1.50 bits per heavy atom. The molecule has 0 fully saturated rings. The van der Waals surface area contributed by atoms with Gasteiger partial charge in [-0.3, -0.25) is 4.98 Å². The van der Waals surface area contributed by atoms with E-state index < -0.39 is 0 Å². The number of furan rings is 1. The number of fused-ring (bicyclic) bond motifs is 5. The molecule has 4 aromatic carbocycles. The van der Waals surface area contributed by atoms with E-state index >= 15 is 0 Å². The van der Waals surface area contributed by atoms with E-state index in [1.54, 1.807) is 0 Å². The smallest absolute Gasteiger partial charge is 0.144 e. The van der Waals surface area contributed by atoms with E-state index in [1.165, 1.54) is 27.3 Å². The van der Waals surface area contributed by atoms with E-state index in [0.717, 1.165) is 34.2 Å². The lowest BCUT2D eigenvalue weighted by molar-refractivity contribution is 0.670. The van der Waals surface area contributed by atoms with Crippen molar-refractivity contribution in [3.63, 3.8) is 0 Å². The highest BCUT2D eigenvalue weighted by Gasteiger charge is 2.15. The molecule has 0 unspecified atom stereocenters. The van der Waals surface area contributed by atoms with E-state index in [4.69, 9.17) is 4.42 Å². The molecule has 0 atom stereocenters. The van der Waals surface area contributed by atoms with Crippen molar-refractivity contribution < 1.29 is 4.42 Å². The summed E-state index contributed by atoms with van der Waals surface area (Å²) in [5.74, 6) is 0. The summed E-state index contributed by atoms with van der Waals surface area (Å²) >= 11 is 0. The van der Waals surface area contributed by atoms with Crippen molar-refractivity contribution in [2.45, 2.75) is 6.42 Å². The van der Waals surface area contributed by atoms with Crippen LogP contribution in [-0.4, -0.2) is 4.98 Å².